The van der Waals surface area contributed by atoms with E-state index < -0.39 is 5.60 Å². The normalized spacial score (nSPS) is 18.9. The molecule has 76 valence electrons. The van der Waals surface area contributed by atoms with Gasteiger partial charge in [0.05, 0.1) is 0 Å². The molecule has 1 atom stereocenters. The molecule has 1 aromatic rings. The van der Waals surface area contributed by atoms with Gasteiger partial charge in [-0.1, -0.05) is 30.4 Å². The summed E-state index contributed by atoms with van der Waals surface area (Å²) in [4.78, 5) is 0. The first kappa shape index (κ1) is 10.0. The van der Waals surface area contributed by atoms with Gasteiger partial charge in [-0.2, -0.15) is 0 Å². The third kappa shape index (κ3) is 1.95. The van der Waals surface area contributed by atoms with Crippen molar-refractivity contribution in [3.8, 4) is 0 Å². The van der Waals surface area contributed by atoms with Gasteiger partial charge in [0.1, 0.15) is 5.60 Å². The number of hydrogen-bond acceptors (Lipinski definition) is 1. The van der Waals surface area contributed by atoms with E-state index in [0.717, 1.165) is 24.0 Å². The Bertz CT molecular complexity index is 385. The van der Waals surface area contributed by atoms with Crippen LogP contribution in [0.2, 0.25) is 0 Å². The van der Waals surface area contributed by atoms with E-state index in [1.54, 1.807) is 12.1 Å². The minimum atomic E-state index is -0.914. The predicted molar refractivity (Wildman–Crippen MR) is 60.1 cm³/mol. The highest BCUT2D eigenvalue weighted by atomic mass is 16.3. The van der Waals surface area contributed by atoms with Gasteiger partial charge in [0.25, 0.3) is 0 Å². The molecule has 1 heteroatoms. The molecule has 1 N–H and O–H groups in total. The predicted octanol–water partition coefficient (Wildman–Crippen LogP) is 2.77. The van der Waals surface area contributed by atoms with E-state index in [-0.39, 0.29) is 0 Å². The number of aliphatic hydroxyl groups is 1. The van der Waals surface area contributed by atoms with E-state index >= 15 is 0 Å². The first-order chi connectivity index (χ1) is 7.21. The van der Waals surface area contributed by atoms with Crippen LogP contribution in [0.3, 0.4) is 0 Å². The Balaban J connectivity index is 2.34. The highest BCUT2D eigenvalue weighted by molar-refractivity contribution is 5.38. The fourth-order valence-corrected chi connectivity index (χ4v) is 1.79. The minimum Gasteiger partial charge on any atom is -0.381 e. The fourth-order valence-electron chi connectivity index (χ4n) is 1.79. The largest absolute Gasteiger partial charge is 0.381 e. The third-order valence-corrected chi connectivity index (χ3v) is 2.78. The van der Waals surface area contributed by atoms with Crippen LogP contribution in [-0.2, 0) is 5.60 Å². The smallest absolute Gasteiger partial charge is 0.112 e. The van der Waals surface area contributed by atoms with Crippen LogP contribution in [0, 0.1) is 12.1 Å². The van der Waals surface area contributed by atoms with Crippen LogP contribution >= 0.6 is 0 Å². The molecule has 0 saturated heterocycles. The molecule has 0 aromatic heterocycles. The van der Waals surface area contributed by atoms with Crippen molar-refractivity contribution < 1.29 is 5.11 Å². The van der Waals surface area contributed by atoms with Gasteiger partial charge >= 0.3 is 0 Å². The lowest BCUT2D eigenvalue weighted by molar-refractivity contribution is 0.101. The zero-order valence-corrected chi connectivity index (χ0v) is 8.83. The molecular formula is C14H14O. The molecule has 1 aromatic carbocycles. The topological polar surface area (TPSA) is 20.2 Å². The van der Waals surface area contributed by atoms with Gasteiger partial charge in [-0.25, -0.2) is 0 Å². The second-order valence-corrected chi connectivity index (χ2v) is 3.93. The van der Waals surface area contributed by atoms with Crippen LogP contribution in [0.4, 0.5) is 0 Å². The summed E-state index contributed by atoms with van der Waals surface area (Å²) in [6.45, 7) is 1.82. The summed E-state index contributed by atoms with van der Waals surface area (Å²) in [5, 5.41) is 10.5. The van der Waals surface area contributed by atoms with Gasteiger partial charge in [0, 0.05) is 0 Å². The monoisotopic (exact) mass is 198 g/mol. The van der Waals surface area contributed by atoms with E-state index in [1.807, 2.05) is 19.1 Å². The highest BCUT2D eigenvalue weighted by Crippen LogP contribution is 2.31. The second-order valence-electron chi connectivity index (χ2n) is 3.93. The fraction of sp³-hybridized carbons (Fsp3) is 0.286. The molecule has 0 heterocycles. The molecule has 0 bridgehead atoms. The van der Waals surface area contributed by atoms with Crippen LogP contribution in [0.25, 0.3) is 0 Å². The summed E-state index contributed by atoms with van der Waals surface area (Å²) in [6, 6.07) is 11.1. The van der Waals surface area contributed by atoms with Crippen LogP contribution in [-0.4, -0.2) is 5.11 Å². The van der Waals surface area contributed by atoms with Crippen molar-refractivity contribution in [2.24, 2.45) is 0 Å². The van der Waals surface area contributed by atoms with Gasteiger partial charge in [0.2, 0.25) is 0 Å². The van der Waals surface area contributed by atoms with Crippen molar-refractivity contribution in [3.63, 3.8) is 0 Å². The van der Waals surface area contributed by atoms with Crippen LogP contribution in [0.15, 0.2) is 42.0 Å². The Morgan fingerprint density at radius 1 is 1.33 bits per heavy atom. The lowest BCUT2D eigenvalue weighted by Crippen LogP contribution is -2.23. The Morgan fingerprint density at radius 3 is 2.80 bits per heavy atom. The first-order valence-corrected chi connectivity index (χ1v) is 5.19. The standard InChI is InChI=1S/C14H14O/c1-14(15,12-8-4-2-5-9-12)13-10-6-3-7-11-13/h4,6,8-11,15H,2,5H2,1H3. The van der Waals surface area contributed by atoms with E-state index in [9.17, 15) is 5.11 Å². The van der Waals surface area contributed by atoms with E-state index in [0.29, 0.717) is 0 Å². The SMILES string of the molecule is CC(O)(C1=CCCC=C1)c1cc#ccc1. The van der Waals surface area contributed by atoms with Crippen molar-refractivity contribution in [2.75, 3.05) is 0 Å². The minimum absolute atomic E-state index is 0.860. The van der Waals surface area contributed by atoms with Crippen molar-refractivity contribution in [1.82, 2.24) is 0 Å². The molecular weight excluding hydrogens is 184 g/mol. The molecule has 1 aliphatic rings. The van der Waals surface area contributed by atoms with E-state index in [4.69, 9.17) is 0 Å². The van der Waals surface area contributed by atoms with Crippen molar-refractivity contribution in [3.05, 3.63) is 59.7 Å². The molecule has 0 saturated carbocycles. The zero-order valence-electron chi connectivity index (χ0n) is 8.83. The second kappa shape index (κ2) is 3.92. The molecule has 1 unspecified atom stereocenters. The summed E-state index contributed by atoms with van der Waals surface area (Å²) < 4.78 is 0. The average molecular weight is 198 g/mol. The number of rotatable bonds is 2. The van der Waals surface area contributed by atoms with Crippen LogP contribution in [0.5, 0.6) is 0 Å². The van der Waals surface area contributed by atoms with Gasteiger partial charge in [-0.3, -0.25) is 0 Å². The molecule has 0 fully saturated rings. The van der Waals surface area contributed by atoms with Gasteiger partial charge in [-0.15, -0.1) is 0 Å². The molecule has 1 aliphatic carbocycles. The van der Waals surface area contributed by atoms with Gasteiger partial charge < -0.3 is 5.11 Å². The zero-order chi connectivity index (χ0) is 10.7. The van der Waals surface area contributed by atoms with Gasteiger partial charge in [-0.05, 0) is 49.1 Å². The summed E-state index contributed by atoms with van der Waals surface area (Å²) in [6.07, 6.45) is 8.26. The maximum atomic E-state index is 10.5. The Hall–Kier alpha value is -1.52. The quantitative estimate of drug-likeness (QED) is 0.774. The molecule has 0 aliphatic heterocycles. The Labute approximate surface area is 90.8 Å². The first-order valence-electron chi connectivity index (χ1n) is 5.19. The van der Waals surface area contributed by atoms with Crippen LogP contribution < -0.4 is 0 Å². The molecule has 15 heavy (non-hydrogen) atoms. The summed E-state index contributed by atoms with van der Waals surface area (Å²) in [5.41, 5.74) is 0.912. The number of hydrogen-bond donors (Lipinski definition) is 1. The maximum absolute atomic E-state index is 10.5. The van der Waals surface area contributed by atoms with Gasteiger partial charge in [0.15, 0.2) is 0 Å². The lowest BCUT2D eigenvalue weighted by Gasteiger charge is -2.26. The molecule has 0 spiro atoms. The summed E-state index contributed by atoms with van der Waals surface area (Å²) >= 11 is 0. The maximum Gasteiger partial charge on any atom is 0.112 e. The molecule has 0 amide bonds. The third-order valence-electron chi connectivity index (χ3n) is 2.78. The van der Waals surface area contributed by atoms with E-state index in [1.165, 1.54) is 0 Å². The van der Waals surface area contributed by atoms with E-state index in [2.05, 4.69) is 24.3 Å². The van der Waals surface area contributed by atoms with Crippen molar-refractivity contribution >= 4 is 0 Å². The van der Waals surface area contributed by atoms with Crippen molar-refractivity contribution in [2.45, 2.75) is 25.4 Å². The molecule has 0 radical (unpaired) electrons. The van der Waals surface area contributed by atoms with Crippen LogP contribution in [0.1, 0.15) is 25.3 Å². The average Bonchev–Trinajstić information content (AvgIpc) is 2.31. The van der Waals surface area contributed by atoms with Crippen molar-refractivity contribution in [1.29, 1.82) is 0 Å². The highest BCUT2D eigenvalue weighted by Gasteiger charge is 2.26. The lowest BCUT2D eigenvalue weighted by atomic mass is 9.85. The Morgan fingerprint density at radius 2 is 2.20 bits per heavy atom. The molecule has 1 nitrogen and oxygen atoms in total. The summed E-state index contributed by atoms with van der Waals surface area (Å²) in [7, 11) is 0. The Kier molecular flexibility index (Phi) is 2.62. The molecule has 2 rings (SSSR count). The number of allylic oxidation sites excluding steroid dienone is 2. The summed E-state index contributed by atoms with van der Waals surface area (Å²) in [5.74, 6) is 0.